The van der Waals surface area contributed by atoms with Gasteiger partial charge < -0.3 is 16.4 Å². The first-order valence-electron chi connectivity index (χ1n) is 8.66. The number of hydrogen-bond acceptors (Lipinski definition) is 3. The molecule has 0 aromatic heterocycles. The lowest BCUT2D eigenvalue weighted by Gasteiger charge is -2.30. The maximum absolute atomic E-state index is 11.2. The van der Waals surface area contributed by atoms with Gasteiger partial charge in [-0.25, -0.2) is 0 Å². The van der Waals surface area contributed by atoms with Crippen LogP contribution >= 0.6 is 0 Å². The van der Waals surface area contributed by atoms with Crippen molar-refractivity contribution >= 4 is 5.91 Å². The van der Waals surface area contributed by atoms with Crippen molar-refractivity contribution in [1.82, 2.24) is 4.90 Å². The summed E-state index contributed by atoms with van der Waals surface area (Å²) in [7, 11) is 0. The molecule has 21 heavy (non-hydrogen) atoms. The van der Waals surface area contributed by atoms with Crippen molar-refractivity contribution in [2.75, 3.05) is 13.1 Å². The number of unbranched alkanes of at least 4 members (excludes halogenated alkanes) is 1. The number of primary amides is 1. The lowest BCUT2D eigenvalue weighted by atomic mass is 9.95. The zero-order valence-electron chi connectivity index (χ0n) is 14.2. The highest BCUT2D eigenvalue weighted by Gasteiger charge is 2.25. The van der Waals surface area contributed by atoms with Gasteiger partial charge in [0, 0.05) is 6.04 Å². The monoisotopic (exact) mass is 297 g/mol. The summed E-state index contributed by atoms with van der Waals surface area (Å²) >= 11 is 0. The molecule has 4 N–H and O–H groups in total. The Balaban J connectivity index is 2.33. The summed E-state index contributed by atoms with van der Waals surface area (Å²) in [6, 6.07) is 0.782. The van der Waals surface area contributed by atoms with E-state index in [1.165, 1.54) is 38.6 Å². The molecule has 0 saturated heterocycles. The molecule has 1 aliphatic rings. The van der Waals surface area contributed by atoms with Crippen LogP contribution in [0, 0.1) is 5.92 Å². The van der Waals surface area contributed by atoms with Crippen LogP contribution in [0.4, 0.5) is 0 Å². The van der Waals surface area contributed by atoms with Crippen LogP contribution in [0.15, 0.2) is 0 Å². The molecule has 0 spiro atoms. The lowest BCUT2D eigenvalue weighted by Crippen LogP contribution is -2.49. The van der Waals surface area contributed by atoms with Crippen molar-refractivity contribution in [3.05, 3.63) is 0 Å². The number of nitrogens with zero attached hydrogens (tertiary/aromatic N) is 1. The molecule has 1 rings (SSSR count). The van der Waals surface area contributed by atoms with E-state index in [4.69, 9.17) is 11.5 Å². The summed E-state index contributed by atoms with van der Waals surface area (Å²) in [6.45, 7) is 8.66. The minimum Gasteiger partial charge on any atom is -0.368 e. The summed E-state index contributed by atoms with van der Waals surface area (Å²) in [4.78, 5) is 13.9. The molecule has 0 radical (unpaired) electrons. The maximum atomic E-state index is 11.2. The molecule has 1 saturated carbocycles. The lowest BCUT2D eigenvalue weighted by molar-refractivity contribution is -0.122. The van der Waals surface area contributed by atoms with Gasteiger partial charge in [-0.15, -0.1) is 0 Å². The summed E-state index contributed by atoms with van der Waals surface area (Å²) in [5.74, 6) is 0.367. The fourth-order valence-electron chi connectivity index (χ4n) is 3.10. The molecule has 124 valence electrons. The average molecular weight is 297 g/mol. The summed E-state index contributed by atoms with van der Waals surface area (Å²) in [6.07, 6.45) is 9.51. The Morgan fingerprint density at radius 2 is 1.86 bits per heavy atom. The van der Waals surface area contributed by atoms with Crippen molar-refractivity contribution < 1.29 is 4.79 Å². The van der Waals surface area contributed by atoms with Gasteiger partial charge in [-0.2, -0.15) is 0 Å². The predicted molar refractivity (Wildman–Crippen MR) is 88.9 cm³/mol. The van der Waals surface area contributed by atoms with Crippen molar-refractivity contribution in [1.29, 1.82) is 0 Å². The van der Waals surface area contributed by atoms with Crippen LogP contribution in [-0.4, -0.2) is 35.5 Å². The van der Waals surface area contributed by atoms with Crippen LogP contribution in [0.1, 0.15) is 72.1 Å². The van der Waals surface area contributed by atoms with Gasteiger partial charge in [0.25, 0.3) is 0 Å². The van der Waals surface area contributed by atoms with E-state index in [1.807, 2.05) is 0 Å². The first kappa shape index (κ1) is 18.4. The van der Waals surface area contributed by atoms with Gasteiger partial charge in [0.1, 0.15) is 0 Å². The second-order valence-electron chi connectivity index (χ2n) is 7.40. The highest BCUT2D eigenvalue weighted by molar-refractivity contribution is 5.83. The molecule has 1 aliphatic carbocycles. The van der Waals surface area contributed by atoms with Crippen LogP contribution in [0.25, 0.3) is 0 Å². The van der Waals surface area contributed by atoms with Crippen molar-refractivity contribution in [2.45, 2.75) is 83.7 Å². The molecule has 1 unspecified atom stereocenters. The normalized spacial score (nSPS) is 19.3. The molecule has 0 aromatic carbocycles. The van der Waals surface area contributed by atoms with Crippen LogP contribution in [-0.2, 0) is 4.79 Å². The Labute approximate surface area is 130 Å². The summed E-state index contributed by atoms with van der Waals surface area (Å²) in [5.41, 5.74) is 10.4. The molecule has 1 fully saturated rings. The Hall–Kier alpha value is -0.610. The fraction of sp³-hybridized carbons (Fsp3) is 0.941. The highest BCUT2D eigenvalue weighted by atomic mass is 16.1. The minimum absolute atomic E-state index is 0.394. The molecule has 0 aromatic rings. The minimum atomic E-state index is -0.851. The molecular formula is C17H35N3O. The Bertz CT molecular complexity index is 309. The van der Waals surface area contributed by atoms with Crippen LogP contribution < -0.4 is 11.5 Å². The van der Waals surface area contributed by atoms with Gasteiger partial charge in [-0.3, -0.25) is 4.79 Å². The molecule has 4 heteroatoms. The molecule has 1 atom stereocenters. The first-order valence-corrected chi connectivity index (χ1v) is 8.66. The topological polar surface area (TPSA) is 72.3 Å². The molecule has 0 heterocycles. The second kappa shape index (κ2) is 8.74. The van der Waals surface area contributed by atoms with Crippen molar-refractivity contribution in [3.63, 3.8) is 0 Å². The number of hydrogen-bond donors (Lipinski definition) is 2. The number of nitrogens with two attached hydrogens (primary N) is 2. The SMILES string of the molecule is CC(C)CCN(CCCCC(C)(N)C(N)=O)C1CCCC1. The zero-order chi connectivity index (χ0) is 15.9. The van der Waals surface area contributed by atoms with E-state index in [1.54, 1.807) is 6.92 Å². The van der Waals surface area contributed by atoms with Crippen LogP contribution in [0.3, 0.4) is 0 Å². The zero-order valence-corrected chi connectivity index (χ0v) is 14.2. The van der Waals surface area contributed by atoms with Crippen LogP contribution in [0.5, 0.6) is 0 Å². The maximum Gasteiger partial charge on any atom is 0.237 e. The molecule has 0 bridgehead atoms. The third-order valence-electron chi connectivity index (χ3n) is 4.79. The van der Waals surface area contributed by atoms with Gasteiger partial charge in [0.05, 0.1) is 5.54 Å². The molecule has 0 aliphatic heterocycles. The van der Waals surface area contributed by atoms with Gasteiger partial charge in [0.2, 0.25) is 5.91 Å². The predicted octanol–water partition coefficient (Wildman–Crippen LogP) is 2.65. The standard InChI is InChI=1S/C17H35N3O/c1-14(2)10-13-20(15-8-4-5-9-15)12-7-6-11-17(3,19)16(18)21/h14-15H,4-13,19H2,1-3H3,(H2,18,21). The summed E-state index contributed by atoms with van der Waals surface area (Å²) < 4.78 is 0. The number of rotatable bonds is 10. The van der Waals surface area contributed by atoms with Crippen LogP contribution in [0.2, 0.25) is 0 Å². The summed E-state index contributed by atoms with van der Waals surface area (Å²) in [5, 5.41) is 0. The largest absolute Gasteiger partial charge is 0.368 e. The average Bonchev–Trinajstić information content (AvgIpc) is 2.91. The van der Waals surface area contributed by atoms with E-state index >= 15 is 0 Å². The van der Waals surface area contributed by atoms with Gasteiger partial charge >= 0.3 is 0 Å². The third kappa shape index (κ3) is 6.79. The van der Waals surface area contributed by atoms with Gasteiger partial charge in [0.15, 0.2) is 0 Å². The van der Waals surface area contributed by atoms with E-state index in [9.17, 15) is 4.79 Å². The third-order valence-corrected chi connectivity index (χ3v) is 4.79. The van der Waals surface area contributed by atoms with Crippen molar-refractivity contribution in [2.24, 2.45) is 17.4 Å². The second-order valence-corrected chi connectivity index (χ2v) is 7.40. The number of carbonyl (C=O) groups excluding carboxylic acids is 1. The van der Waals surface area contributed by atoms with E-state index < -0.39 is 11.4 Å². The fourth-order valence-corrected chi connectivity index (χ4v) is 3.10. The van der Waals surface area contributed by atoms with Gasteiger partial charge in [-0.1, -0.05) is 26.7 Å². The smallest absolute Gasteiger partial charge is 0.237 e. The quantitative estimate of drug-likeness (QED) is 0.609. The van der Waals surface area contributed by atoms with Crippen molar-refractivity contribution in [3.8, 4) is 0 Å². The number of amides is 1. The van der Waals surface area contributed by atoms with E-state index in [2.05, 4.69) is 18.7 Å². The molecule has 4 nitrogen and oxygen atoms in total. The van der Waals surface area contributed by atoms with E-state index in [-0.39, 0.29) is 0 Å². The Morgan fingerprint density at radius 3 is 2.38 bits per heavy atom. The Morgan fingerprint density at radius 1 is 1.24 bits per heavy atom. The van der Waals surface area contributed by atoms with Gasteiger partial charge in [-0.05, 0) is 64.5 Å². The highest BCUT2D eigenvalue weighted by Crippen LogP contribution is 2.24. The molecular weight excluding hydrogens is 262 g/mol. The molecule has 1 amide bonds. The number of carbonyl (C=O) groups is 1. The first-order chi connectivity index (χ1) is 9.83. The Kier molecular flexibility index (Phi) is 7.67. The van der Waals surface area contributed by atoms with E-state index in [0.29, 0.717) is 6.42 Å². The van der Waals surface area contributed by atoms with E-state index in [0.717, 1.165) is 31.3 Å².